The number of hydrogen-bond acceptors (Lipinski definition) is 5. The molecule has 2 atom stereocenters. The van der Waals surface area contributed by atoms with E-state index < -0.39 is 11.4 Å². The van der Waals surface area contributed by atoms with Gasteiger partial charge < -0.3 is 19.2 Å². The van der Waals surface area contributed by atoms with E-state index in [0.29, 0.717) is 44.3 Å². The lowest BCUT2D eigenvalue weighted by atomic mass is 9.74. The Kier molecular flexibility index (Phi) is 4.70. The van der Waals surface area contributed by atoms with Crippen LogP contribution in [0.1, 0.15) is 18.7 Å². The molecule has 4 rings (SSSR count). The number of nitrogens with zero attached hydrogens (tertiary/aromatic N) is 2. The maximum atomic E-state index is 12.6. The molecule has 2 aliphatic rings. The molecule has 0 spiro atoms. The Hall–Kier alpha value is -2.67. The summed E-state index contributed by atoms with van der Waals surface area (Å²) in [4.78, 5) is 30.4. The SMILES string of the molecule is O=C(CCc1ncc(-c2ccccc2)o1)N1C[C@H]2COCC[C@@]2(C(=O)O)C1. The van der Waals surface area contributed by atoms with Crippen LogP contribution in [0.5, 0.6) is 0 Å². The van der Waals surface area contributed by atoms with Crippen LogP contribution in [-0.2, 0) is 20.7 Å². The average molecular weight is 370 g/mol. The second-order valence-electron chi connectivity index (χ2n) is 7.24. The predicted octanol–water partition coefficient (Wildman–Crippen LogP) is 2.22. The molecule has 1 N–H and O–H groups in total. The van der Waals surface area contributed by atoms with Gasteiger partial charge in [-0.1, -0.05) is 30.3 Å². The van der Waals surface area contributed by atoms with Crippen LogP contribution in [0.3, 0.4) is 0 Å². The molecule has 27 heavy (non-hydrogen) atoms. The number of aliphatic carboxylic acids is 1. The molecule has 0 bridgehead atoms. The van der Waals surface area contributed by atoms with Gasteiger partial charge in [0, 0.05) is 44.0 Å². The molecule has 2 fully saturated rings. The number of fused-ring (bicyclic) bond motifs is 1. The Labute approximate surface area is 156 Å². The predicted molar refractivity (Wildman–Crippen MR) is 95.8 cm³/mol. The Morgan fingerprint density at radius 3 is 2.85 bits per heavy atom. The molecule has 2 aliphatic heterocycles. The van der Waals surface area contributed by atoms with Crippen LogP contribution < -0.4 is 0 Å². The number of oxazole rings is 1. The van der Waals surface area contributed by atoms with Gasteiger partial charge in [-0.3, -0.25) is 9.59 Å². The van der Waals surface area contributed by atoms with Gasteiger partial charge in [0.15, 0.2) is 11.7 Å². The van der Waals surface area contributed by atoms with Gasteiger partial charge in [-0.15, -0.1) is 0 Å². The van der Waals surface area contributed by atoms with Crippen LogP contribution in [0.4, 0.5) is 0 Å². The number of carboxylic acid groups (broad SMARTS) is 1. The molecular weight excluding hydrogens is 348 g/mol. The van der Waals surface area contributed by atoms with Crippen molar-refractivity contribution in [2.24, 2.45) is 11.3 Å². The summed E-state index contributed by atoms with van der Waals surface area (Å²) in [6.07, 6.45) is 2.76. The first-order chi connectivity index (χ1) is 13.1. The van der Waals surface area contributed by atoms with Gasteiger partial charge >= 0.3 is 5.97 Å². The summed E-state index contributed by atoms with van der Waals surface area (Å²) >= 11 is 0. The summed E-state index contributed by atoms with van der Waals surface area (Å²) in [6.45, 7) is 1.53. The molecule has 142 valence electrons. The number of amides is 1. The van der Waals surface area contributed by atoms with E-state index in [1.165, 1.54) is 0 Å². The number of hydrogen-bond donors (Lipinski definition) is 1. The van der Waals surface area contributed by atoms with Crippen LogP contribution in [0.15, 0.2) is 40.9 Å². The van der Waals surface area contributed by atoms with E-state index in [1.807, 2.05) is 30.3 Å². The third-order valence-corrected chi connectivity index (χ3v) is 5.65. The van der Waals surface area contributed by atoms with E-state index in [1.54, 1.807) is 11.1 Å². The molecular formula is C20H22N2O5. The van der Waals surface area contributed by atoms with Gasteiger partial charge in [-0.2, -0.15) is 0 Å². The first kappa shape index (κ1) is 17.7. The zero-order chi connectivity index (χ0) is 18.9. The number of aryl methyl sites for hydroxylation is 1. The number of carbonyl (C=O) groups excluding carboxylic acids is 1. The minimum atomic E-state index is -0.864. The molecule has 2 saturated heterocycles. The summed E-state index contributed by atoms with van der Waals surface area (Å²) in [5.41, 5.74) is 0.0757. The van der Waals surface area contributed by atoms with Crippen LogP contribution in [0.2, 0.25) is 0 Å². The quantitative estimate of drug-likeness (QED) is 0.868. The molecule has 2 aromatic rings. The summed E-state index contributed by atoms with van der Waals surface area (Å²) in [6, 6.07) is 9.66. The van der Waals surface area contributed by atoms with E-state index in [2.05, 4.69) is 4.98 Å². The number of carbonyl (C=O) groups is 2. The van der Waals surface area contributed by atoms with Crippen molar-refractivity contribution in [2.45, 2.75) is 19.3 Å². The monoisotopic (exact) mass is 370 g/mol. The summed E-state index contributed by atoms with van der Waals surface area (Å²) in [5, 5.41) is 9.70. The molecule has 1 amide bonds. The molecule has 7 nitrogen and oxygen atoms in total. The Bertz CT molecular complexity index is 834. The average Bonchev–Trinajstić information content (AvgIpc) is 3.32. The van der Waals surface area contributed by atoms with E-state index in [4.69, 9.17) is 9.15 Å². The lowest BCUT2D eigenvalue weighted by Crippen LogP contribution is -2.45. The maximum absolute atomic E-state index is 12.6. The lowest BCUT2D eigenvalue weighted by Gasteiger charge is -2.33. The van der Waals surface area contributed by atoms with Crippen LogP contribution in [0.25, 0.3) is 11.3 Å². The van der Waals surface area contributed by atoms with E-state index in [-0.39, 0.29) is 24.8 Å². The highest BCUT2D eigenvalue weighted by Crippen LogP contribution is 2.42. The zero-order valence-corrected chi connectivity index (χ0v) is 15.0. The van der Waals surface area contributed by atoms with Gasteiger partial charge in [-0.25, -0.2) is 4.98 Å². The van der Waals surface area contributed by atoms with Crippen molar-refractivity contribution >= 4 is 11.9 Å². The fraction of sp³-hybridized carbons (Fsp3) is 0.450. The fourth-order valence-corrected chi connectivity index (χ4v) is 4.02. The summed E-state index contributed by atoms with van der Waals surface area (Å²) in [7, 11) is 0. The van der Waals surface area contributed by atoms with Gasteiger partial charge in [0.1, 0.15) is 0 Å². The van der Waals surface area contributed by atoms with Crippen molar-refractivity contribution in [3.63, 3.8) is 0 Å². The van der Waals surface area contributed by atoms with Crippen LogP contribution >= 0.6 is 0 Å². The maximum Gasteiger partial charge on any atom is 0.311 e. The third kappa shape index (κ3) is 3.35. The zero-order valence-electron chi connectivity index (χ0n) is 15.0. The first-order valence-electron chi connectivity index (χ1n) is 9.17. The Morgan fingerprint density at radius 1 is 1.30 bits per heavy atom. The highest BCUT2D eigenvalue weighted by molar-refractivity contribution is 5.81. The highest BCUT2D eigenvalue weighted by Gasteiger charge is 2.54. The number of aromatic nitrogens is 1. The van der Waals surface area contributed by atoms with Gasteiger partial charge in [0.25, 0.3) is 0 Å². The molecule has 1 aromatic heterocycles. The first-order valence-corrected chi connectivity index (χ1v) is 9.17. The van der Waals surface area contributed by atoms with Crippen molar-refractivity contribution in [1.82, 2.24) is 9.88 Å². The number of ether oxygens (including phenoxy) is 1. The van der Waals surface area contributed by atoms with Crippen molar-refractivity contribution in [2.75, 3.05) is 26.3 Å². The topological polar surface area (TPSA) is 92.9 Å². The molecule has 0 saturated carbocycles. The van der Waals surface area contributed by atoms with Gasteiger partial charge in [0.2, 0.25) is 5.91 Å². The minimum absolute atomic E-state index is 0.0653. The lowest BCUT2D eigenvalue weighted by molar-refractivity contribution is -0.157. The molecule has 7 heteroatoms. The number of benzene rings is 1. The standard InChI is InChI=1S/C20H22N2O5/c23-18(22-11-15-12-26-9-8-20(15,13-22)19(24)25)7-6-17-21-10-16(27-17)14-4-2-1-3-5-14/h1-5,10,15H,6-9,11-13H2,(H,24,25)/t15-,20+/m0/s1. The van der Waals surface area contributed by atoms with E-state index >= 15 is 0 Å². The summed E-state index contributed by atoms with van der Waals surface area (Å²) < 4.78 is 11.2. The fourth-order valence-electron chi connectivity index (χ4n) is 4.02. The van der Waals surface area contributed by atoms with E-state index in [9.17, 15) is 14.7 Å². The van der Waals surface area contributed by atoms with Crippen molar-refractivity contribution in [1.29, 1.82) is 0 Å². The van der Waals surface area contributed by atoms with Gasteiger partial charge in [-0.05, 0) is 6.42 Å². The van der Waals surface area contributed by atoms with Crippen LogP contribution in [0, 0.1) is 11.3 Å². The second kappa shape index (κ2) is 7.15. The van der Waals surface area contributed by atoms with Crippen molar-refractivity contribution in [3.05, 3.63) is 42.4 Å². The van der Waals surface area contributed by atoms with Crippen molar-refractivity contribution < 1.29 is 23.8 Å². The number of rotatable bonds is 5. The van der Waals surface area contributed by atoms with Gasteiger partial charge in [0.05, 0.1) is 18.2 Å². The second-order valence-corrected chi connectivity index (χ2v) is 7.24. The normalized spacial score (nSPS) is 24.6. The number of carboxylic acids is 1. The smallest absolute Gasteiger partial charge is 0.311 e. The molecule has 0 radical (unpaired) electrons. The molecule has 0 aliphatic carbocycles. The molecule has 3 heterocycles. The minimum Gasteiger partial charge on any atom is -0.481 e. The van der Waals surface area contributed by atoms with E-state index in [0.717, 1.165) is 5.56 Å². The molecule has 0 unspecified atom stereocenters. The third-order valence-electron chi connectivity index (χ3n) is 5.65. The number of likely N-dealkylation sites (tertiary alicyclic amines) is 1. The highest BCUT2D eigenvalue weighted by atomic mass is 16.5. The Balaban J connectivity index is 1.38. The van der Waals surface area contributed by atoms with Crippen molar-refractivity contribution in [3.8, 4) is 11.3 Å². The molecule has 1 aromatic carbocycles. The largest absolute Gasteiger partial charge is 0.481 e. The van der Waals surface area contributed by atoms with Crippen LogP contribution in [-0.4, -0.2) is 53.2 Å². The summed E-state index contributed by atoms with van der Waals surface area (Å²) in [5.74, 6) is 0.150. The Morgan fingerprint density at radius 2 is 2.11 bits per heavy atom.